The average Bonchev–Trinajstić information content (AvgIpc) is 3.02. The zero-order chi connectivity index (χ0) is 22.9. The van der Waals surface area contributed by atoms with Crippen LogP contribution in [0, 0.1) is 22.7 Å². The first-order chi connectivity index (χ1) is 14.7. The van der Waals surface area contributed by atoms with E-state index in [0.717, 1.165) is 51.4 Å². The van der Waals surface area contributed by atoms with Gasteiger partial charge in [0.05, 0.1) is 19.1 Å². The summed E-state index contributed by atoms with van der Waals surface area (Å²) < 4.78 is 5.09. The summed E-state index contributed by atoms with van der Waals surface area (Å²) >= 11 is 0. The SMILES string of the molecule is CCCCC1([C@H](O)/C=C/C2CCC(=O)[C@@H]2CCCCC(C)(C)CC(=O)OCC)CCC1. The van der Waals surface area contributed by atoms with Crippen LogP contribution in [0.5, 0.6) is 0 Å². The van der Waals surface area contributed by atoms with E-state index in [4.69, 9.17) is 4.74 Å². The third-order valence-corrected chi connectivity index (χ3v) is 7.75. The number of ketones is 1. The van der Waals surface area contributed by atoms with Gasteiger partial charge in [-0.25, -0.2) is 0 Å². The molecule has 31 heavy (non-hydrogen) atoms. The fraction of sp³-hybridized carbons (Fsp3) is 0.852. The maximum atomic E-state index is 12.5. The lowest BCUT2D eigenvalue weighted by molar-refractivity contribution is -0.145. The maximum Gasteiger partial charge on any atom is 0.306 e. The van der Waals surface area contributed by atoms with Gasteiger partial charge in [-0.1, -0.05) is 65.0 Å². The number of Topliss-reactive ketones (excluding diaryl/α,β-unsaturated/α-hetero) is 1. The highest BCUT2D eigenvalue weighted by atomic mass is 16.5. The van der Waals surface area contributed by atoms with Gasteiger partial charge in [-0.05, 0) is 62.2 Å². The number of hydrogen-bond donors (Lipinski definition) is 1. The molecule has 0 aromatic rings. The number of aliphatic hydroxyl groups is 1. The molecule has 4 nitrogen and oxygen atoms in total. The van der Waals surface area contributed by atoms with Crippen LogP contribution in [0.1, 0.15) is 111 Å². The van der Waals surface area contributed by atoms with Crippen molar-refractivity contribution in [1.82, 2.24) is 0 Å². The van der Waals surface area contributed by atoms with Crippen molar-refractivity contribution >= 4 is 11.8 Å². The van der Waals surface area contributed by atoms with Crippen LogP contribution < -0.4 is 0 Å². The molecule has 2 saturated carbocycles. The molecule has 1 N–H and O–H groups in total. The van der Waals surface area contributed by atoms with Gasteiger partial charge in [-0.2, -0.15) is 0 Å². The molecular formula is C27H46O4. The van der Waals surface area contributed by atoms with Gasteiger partial charge in [-0.15, -0.1) is 0 Å². The molecule has 0 bridgehead atoms. The third kappa shape index (κ3) is 7.73. The van der Waals surface area contributed by atoms with Crippen molar-refractivity contribution in [2.24, 2.45) is 22.7 Å². The van der Waals surface area contributed by atoms with Gasteiger partial charge in [0.25, 0.3) is 0 Å². The predicted octanol–water partition coefficient (Wildman–Crippen LogP) is 6.40. The number of aliphatic hydroxyl groups excluding tert-OH is 1. The van der Waals surface area contributed by atoms with E-state index in [1.165, 1.54) is 19.3 Å². The van der Waals surface area contributed by atoms with Gasteiger partial charge >= 0.3 is 5.97 Å². The Morgan fingerprint density at radius 2 is 2.00 bits per heavy atom. The molecule has 0 aromatic heterocycles. The molecule has 178 valence electrons. The average molecular weight is 435 g/mol. The van der Waals surface area contributed by atoms with E-state index < -0.39 is 0 Å². The van der Waals surface area contributed by atoms with E-state index in [1.807, 2.05) is 13.0 Å². The van der Waals surface area contributed by atoms with E-state index in [-0.39, 0.29) is 34.7 Å². The molecule has 1 unspecified atom stereocenters. The first-order valence-corrected chi connectivity index (χ1v) is 12.8. The molecule has 2 aliphatic rings. The van der Waals surface area contributed by atoms with Gasteiger partial charge in [-0.3, -0.25) is 9.59 Å². The number of esters is 1. The van der Waals surface area contributed by atoms with Crippen LogP contribution >= 0.6 is 0 Å². The summed E-state index contributed by atoms with van der Waals surface area (Å²) in [7, 11) is 0. The van der Waals surface area contributed by atoms with E-state index >= 15 is 0 Å². The number of ether oxygens (including phenoxy) is 1. The minimum Gasteiger partial charge on any atom is -0.466 e. The van der Waals surface area contributed by atoms with Crippen molar-refractivity contribution in [2.45, 2.75) is 117 Å². The summed E-state index contributed by atoms with van der Waals surface area (Å²) in [5.74, 6) is 0.646. The van der Waals surface area contributed by atoms with Gasteiger partial charge in [0, 0.05) is 12.3 Å². The molecular weight excluding hydrogens is 388 g/mol. The van der Waals surface area contributed by atoms with Crippen molar-refractivity contribution in [3.05, 3.63) is 12.2 Å². The Labute approximate surface area is 190 Å². The predicted molar refractivity (Wildman–Crippen MR) is 126 cm³/mol. The molecule has 4 heteroatoms. The summed E-state index contributed by atoms with van der Waals surface area (Å²) in [4.78, 5) is 24.3. The van der Waals surface area contributed by atoms with Crippen LogP contribution in [0.15, 0.2) is 12.2 Å². The molecule has 2 aliphatic carbocycles. The van der Waals surface area contributed by atoms with E-state index in [9.17, 15) is 14.7 Å². The number of unbranched alkanes of at least 4 members (excludes halogenated alkanes) is 2. The molecule has 2 fully saturated rings. The summed E-state index contributed by atoms with van der Waals surface area (Å²) in [5.41, 5.74) is 0.0278. The lowest BCUT2D eigenvalue weighted by Gasteiger charge is -2.45. The van der Waals surface area contributed by atoms with Crippen molar-refractivity contribution < 1.29 is 19.4 Å². The topological polar surface area (TPSA) is 63.6 Å². The Bertz CT molecular complexity index is 602. The largest absolute Gasteiger partial charge is 0.466 e. The molecule has 0 heterocycles. The molecule has 0 aromatic carbocycles. The number of hydrogen-bond acceptors (Lipinski definition) is 4. The van der Waals surface area contributed by atoms with Crippen LogP contribution in [-0.2, 0) is 14.3 Å². The molecule has 0 saturated heterocycles. The molecule has 2 rings (SSSR count). The Balaban J connectivity index is 1.81. The van der Waals surface area contributed by atoms with Crippen molar-refractivity contribution in [3.8, 4) is 0 Å². The van der Waals surface area contributed by atoms with Crippen molar-refractivity contribution in [2.75, 3.05) is 6.61 Å². The molecule has 0 amide bonds. The zero-order valence-electron chi connectivity index (χ0n) is 20.5. The van der Waals surface area contributed by atoms with Crippen LogP contribution in [0.25, 0.3) is 0 Å². The Morgan fingerprint density at radius 3 is 2.61 bits per heavy atom. The van der Waals surface area contributed by atoms with E-state index in [0.29, 0.717) is 25.2 Å². The number of carbonyl (C=O) groups is 2. The third-order valence-electron chi connectivity index (χ3n) is 7.75. The van der Waals surface area contributed by atoms with Crippen LogP contribution in [-0.4, -0.2) is 29.6 Å². The maximum absolute atomic E-state index is 12.5. The standard InChI is InChI=1S/C27H46O4/c1-5-7-17-27(18-10-19-27)24(29)15-13-21-12-14-23(28)22(21)11-8-9-16-26(3,4)20-25(30)31-6-2/h13,15,21-22,24,29H,5-12,14,16-20H2,1-4H3/b15-13+/t21?,22-,24-/m1/s1. The monoisotopic (exact) mass is 434 g/mol. The zero-order valence-corrected chi connectivity index (χ0v) is 20.5. The van der Waals surface area contributed by atoms with Crippen molar-refractivity contribution in [3.63, 3.8) is 0 Å². The highest BCUT2D eigenvalue weighted by molar-refractivity contribution is 5.83. The summed E-state index contributed by atoms with van der Waals surface area (Å²) in [6.07, 6.45) is 16.7. The first-order valence-electron chi connectivity index (χ1n) is 12.8. The number of allylic oxidation sites excluding steroid dienone is 1. The molecule has 0 radical (unpaired) electrons. The second-order valence-corrected chi connectivity index (χ2v) is 10.8. The van der Waals surface area contributed by atoms with Gasteiger partial charge < -0.3 is 9.84 Å². The van der Waals surface area contributed by atoms with Crippen molar-refractivity contribution in [1.29, 1.82) is 0 Å². The van der Waals surface area contributed by atoms with Gasteiger partial charge in [0.1, 0.15) is 5.78 Å². The summed E-state index contributed by atoms with van der Waals surface area (Å²) in [5, 5.41) is 10.9. The van der Waals surface area contributed by atoms with Gasteiger partial charge in [0.2, 0.25) is 0 Å². The number of carbonyl (C=O) groups excluding carboxylic acids is 2. The van der Waals surface area contributed by atoms with Crippen LogP contribution in [0.4, 0.5) is 0 Å². The molecule has 0 spiro atoms. The molecule has 3 atom stereocenters. The minimum atomic E-state index is -0.368. The first kappa shape index (κ1) is 26.1. The fourth-order valence-electron chi connectivity index (χ4n) is 5.50. The Kier molecular flexibility index (Phi) is 10.3. The van der Waals surface area contributed by atoms with E-state index in [1.54, 1.807) is 0 Å². The van der Waals surface area contributed by atoms with Crippen LogP contribution in [0.3, 0.4) is 0 Å². The van der Waals surface area contributed by atoms with Crippen LogP contribution in [0.2, 0.25) is 0 Å². The highest BCUT2D eigenvalue weighted by Crippen LogP contribution is 2.48. The molecule has 0 aliphatic heterocycles. The quantitative estimate of drug-likeness (QED) is 0.195. The Hall–Kier alpha value is -1.16. The van der Waals surface area contributed by atoms with Gasteiger partial charge in [0.15, 0.2) is 0 Å². The Morgan fingerprint density at radius 1 is 1.26 bits per heavy atom. The van der Waals surface area contributed by atoms with E-state index in [2.05, 4.69) is 26.8 Å². The normalized spacial score (nSPS) is 24.4. The highest BCUT2D eigenvalue weighted by Gasteiger charge is 2.42. The summed E-state index contributed by atoms with van der Waals surface area (Å²) in [6, 6.07) is 0. The second-order valence-electron chi connectivity index (χ2n) is 10.8. The fourth-order valence-corrected chi connectivity index (χ4v) is 5.50. The lowest BCUT2D eigenvalue weighted by Crippen LogP contribution is -2.40. The minimum absolute atomic E-state index is 0.0646. The number of rotatable bonds is 14. The smallest absolute Gasteiger partial charge is 0.306 e. The summed E-state index contributed by atoms with van der Waals surface area (Å²) in [6.45, 7) is 8.72. The lowest BCUT2D eigenvalue weighted by atomic mass is 9.62. The second kappa shape index (κ2) is 12.2.